The Kier molecular flexibility index (Phi) is 4.96. The van der Waals surface area contributed by atoms with Gasteiger partial charge in [0.15, 0.2) is 5.13 Å². The molecule has 0 radical (unpaired) electrons. The van der Waals surface area contributed by atoms with Gasteiger partial charge in [-0.15, -0.1) is 0 Å². The van der Waals surface area contributed by atoms with E-state index in [1.807, 2.05) is 0 Å². The zero-order valence-electron chi connectivity index (χ0n) is 16.2. The first kappa shape index (κ1) is 20.3. The summed E-state index contributed by atoms with van der Waals surface area (Å²) in [7, 11) is 0. The van der Waals surface area contributed by atoms with Gasteiger partial charge in [0, 0.05) is 23.0 Å². The molecule has 0 aliphatic carbocycles. The van der Waals surface area contributed by atoms with Gasteiger partial charge in [-0.25, -0.2) is 9.37 Å². The lowest BCUT2D eigenvalue weighted by molar-refractivity contribution is -0.132. The minimum Gasteiger partial charge on any atom is -0.507 e. The number of carbonyl (C=O) groups is 2. The van der Waals surface area contributed by atoms with Crippen LogP contribution in [0, 0.1) is 5.82 Å². The molecule has 5 rings (SSSR count). The summed E-state index contributed by atoms with van der Waals surface area (Å²) in [5.74, 6) is -2.55. The van der Waals surface area contributed by atoms with Gasteiger partial charge in [0.1, 0.15) is 11.6 Å². The number of aliphatic hydroxyl groups is 1. The maximum atomic E-state index is 13.4. The van der Waals surface area contributed by atoms with Gasteiger partial charge in [-0.3, -0.25) is 19.5 Å². The second-order valence-electron chi connectivity index (χ2n) is 7.07. The number of hydrogen-bond acceptors (Lipinski definition) is 6. The molecule has 0 spiro atoms. The van der Waals surface area contributed by atoms with Gasteiger partial charge in [-0.05, 0) is 60.2 Å². The predicted octanol–water partition coefficient (Wildman–Crippen LogP) is 5.11. The van der Waals surface area contributed by atoms with E-state index in [2.05, 4.69) is 9.97 Å². The maximum Gasteiger partial charge on any atom is 0.301 e. The molecular formula is C23H13ClFN3O3S. The lowest BCUT2D eigenvalue weighted by Crippen LogP contribution is -2.29. The second-order valence-corrected chi connectivity index (χ2v) is 8.51. The van der Waals surface area contributed by atoms with E-state index < -0.39 is 29.3 Å². The number of anilines is 1. The lowest BCUT2D eigenvalue weighted by Gasteiger charge is -2.22. The van der Waals surface area contributed by atoms with E-state index in [4.69, 9.17) is 11.6 Å². The van der Waals surface area contributed by atoms with Crippen LogP contribution < -0.4 is 4.90 Å². The van der Waals surface area contributed by atoms with E-state index in [9.17, 15) is 19.1 Å². The average Bonchev–Trinajstić information content (AvgIpc) is 3.32. The second kappa shape index (κ2) is 7.81. The quantitative estimate of drug-likeness (QED) is 0.258. The summed E-state index contributed by atoms with van der Waals surface area (Å²) in [6.07, 6.45) is 3.07. The Bertz CT molecular complexity index is 1400. The fraction of sp³-hybridized carbons (Fsp3) is 0.0435. The smallest absolute Gasteiger partial charge is 0.301 e. The fourth-order valence-corrected chi connectivity index (χ4v) is 4.91. The van der Waals surface area contributed by atoms with Crippen LogP contribution in [0.25, 0.3) is 16.0 Å². The van der Waals surface area contributed by atoms with Crippen LogP contribution in [-0.4, -0.2) is 26.8 Å². The molecule has 1 amide bonds. The molecule has 2 aromatic heterocycles. The number of carbonyl (C=O) groups excluding carboxylic acids is 2. The molecule has 1 saturated heterocycles. The molecule has 1 aliphatic heterocycles. The summed E-state index contributed by atoms with van der Waals surface area (Å²) in [5.41, 5.74) is 1.31. The molecule has 158 valence electrons. The van der Waals surface area contributed by atoms with Crippen molar-refractivity contribution in [3.05, 3.63) is 94.5 Å². The largest absolute Gasteiger partial charge is 0.507 e. The van der Waals surface area contributed by atoms with Crippen molar-refractivity contribution in [2.75, 3.05) is 4.90 Å². The van der Waals surface area contributed by atoms with Gasteiger partial charge in [0.25, 0.3) is 5.78 Å². The van der Waals surface area contributed by atoms with Crippen molar-refractivity contribution in [2.45, 2.75) is 6.04 Å². The Morgan fingerprint density at radius 1 is 1.06 bits per heavy atom. The number of amides is 1. The molecule has 32 heavy (non-hydrogen) atoms. The van der Waals surface area contributed by atoms with Crippen molar-refractivity contribution in [2.24, 2.45) is 0 Å². The van der Waals surface area contributed by atoms with Gasteiger partial charge in [0.05, 0.1) is 21.8 Å². The molecule has 2 aromatic carbocycles. The first-order chi connectivity index (χ1) is 15.4. The number of pyridine rings is 1. The van der Waals surface area contributed by atoms with Crippen molar-refractivity contribution in [3.63, 3.8) is 0 Å². The van der Waals surface area contributed by atoms with E-state index in [1.165, 1.54) is 52.9 Å². The number of fused-ring (bicyclic) bond motifs is 1. The monoisotopic (exact) mass is 465 g/mol. The summed E-state index contributed by atoms with van der Waals surface area (Å²) in [5, 5.41) is 11.8. The molecule has 6 nitrogen and oxygen atoms in total. The summed E-state index contributed by atoms with van der Waals surface area (Å²) >= 11 is 7.29. The van der Waals surface area contributed by atoms with Crippen LogP contribution in [-0.2, 0) is 9.59 Å². The van der Waals surface area contributed by atoms with Gasteiger partial charge < -0.3 is 5.11 Å². The van der Waals surface area contributed by atoms with Crippen LogP contribution >= 0.6 is 22.9 Å². The normalized spacial score (nSPS) is 17.9. The van der Waals surface area contributed by atoms with Crippen molar-refractivity contribution in [1.29, 1.82) is 0 Å². The first-order valence-corrected chi connectivity index (χ1v) is 10.7. The zero-order chi connectivity index (χ0) is 22.4. The molecule has 1 atom stereocenters. The van der Waals surface area contributed by atoms with Crippen LogP contribution in [0.4, 0.5) is 9.52 Å². The van der Waals surface area contributed by atoms with E-state index in [1.54, 1.807) is 30.3 Å². The number of hydrogen-bond donors (Lipinski definition) is 1. The molecular weight excluding hydrogens is 453 g/mol. The number of aliphatic hydroxyl groups excluding tert-OH is 1. The standard InChI is InChI=1S/C23H13ClFN3O3S/c24-14-3-6-16-17(11-14)32-23(27-16)28-19(12-7-9-26-10-8-12)18(21(30)22(28)31)20(29)13-1-4-15(25)5-2-13/h1-11,19,29H. The molecule has 4 aromatic rings. The summed E-state index contributed by atoms with van der Waals surface area (Å²) in [6.45, 7) is 0. The highest BCUT2D eigenvalue weighted by Crippen LogP contribution is 2.44. The van der Waals surface area contributed by atoms with E-state index in [0.717, 1.165) is 4.70 Å². The van der Waals surface area contributed by atoms with Gasteiger partial charge in [-0.2, -0.15) is 0 Å². The third kappa shape index (κ3) is 3.34. The zero-order valence-corrected chi connectivity index (χ0v) is 17.8. The van der Waals surface area contributed by atoms with Crippen LogP contribution in [0.5, 0.6) is 0 Å². The number of benzene rings is 2. The van der Waals surface area contributed by atoms with Crippen LogP contribution in [0.3, 0.4) is 0 Å². The Morgan fingerprint density at radius 3 is 2.50 bits per heavy atom. The molecule has 1 fully saturated rings. The number of aromatic nitrogens is 2. The molecule has 3 heterocycles. The average molecular weight is 466 g/mol. The highest BCUT2D eigenvalue weighted by molar-refractivity contribution is 7.22. The number of nitrogens with zero attached hydrogens (tertiary/aromatic N) is 3. The van der Waals surface area contributed by atoms with E-state index >= 15 is 0 Å². The SMILES string of the molecule is O=C1C(=O)N(c2nc3ccc(Cl)cc3s2)C(c2ccncc2)C1=C(O)c1ccc(F)cc1. The maximum absolute atomic E-state index is 13.4. The topological polar surface area (TPSA) is 83.4 Å². The lowest BCUT2D eigenvalue weighted by atomic mass is 9.96. The Labute approximate surface area is 190 Å². The first-order valence-electron chi connectivity index (χ1n) is 9.47. The van der Waals surface area contributed by atoms with Gasteiger partial charge in [0.2, 0.25) is 0 Å². The van der Waals surface area contributed by atoms with Crippen molar-refractivity contribution in [3.8, 4) is 0 Å². The molecule has 0 bridgehead atoms. The molecule has 1 unspecified atom stereocenters. The Hall–Kier alpha value is -3.62. The number of thiazole rings is 1. The third-order valence-electron chi connectivity index (χ3n) is 5.13. The van der Waals surface area contributed by atoms with Crippen LogP contribution in [0.1, 0.15) is 17.2 Å². The Morgan fingerprint density at radius 2 is 1.78 bits per heavy atom. The summed E-state index contributed by atoms with van der Waals surface area (Å²) in [6, 6.07) is 12.6. The van der Waals surface area contributed by atoms with Crippen LogP contribution in [0.2, 0.25) is 5.02 Å². The number of halogens is 2. The summed E-state index contributed by atoms with van der Waals surface area (Å²) in [4.78, 5) is 36.0. The summed E-state index contributed by atoms with van der Waals surface area (Å²) < 4.78 is 14.1. The number of rotatable bonds is 3. The molecule has 1 aliphatic rings. The fourth-order valence-electron chi connectivity index (χ4n) is 3.64. The van der Waals surface area contributed by atoms with E-state index in [-0.39, 0.29) is 11.1 Å². The van der Waals surface area contributed by atoms with Crippen LogP contribution in [0.15, 0.2) is 72.6 Å². The van der Waals surface area contributed by atoms with E-state index in [0.29, 0.717) is 21.2 Å². The highest BCUT2D eigenvalue weighted by Gasteiger charge is 2.48. The third-order valence-corrected chi connectivity index (χ3v) is 6.38. The number of Topliss-reactive ketones (excluding diaryl/α,β-unsaturated/α-hetero) is 1. The minimum absolute atomic E-state index is 0.106. The predicted molar refractivity (Wildman–Crippen MR) is 120 cm³/mol. The Balaban J connectivity index is 1.72. The molecule has 1 N–H and O–H groups in total. The molecule has 0 saturated carbocycles. The van der Waals surface area contributed by atoms with Gasteiger partial charge >= 0.3 is 5.91 Å². The molecule has 9 heteroatoms. The minimum atomic E-state index is -0.931. The van der Waals surface area contributed by atoms with Crippen molar-refractivity contribution >= 4 is 55.7 Å². The van der Waals surface area contributed by atoms with Crippen molar-refractivity contribution in [1.82, 2.24) is 9.97 Å². The highest BCUT2D eigenvalue weighted by atomic mass is 35.5. The van der Waals surface area contributed by atoms with Gasteiger partial charge in [-0.1, -0.05) is 22.9 Å². The number of ketones is 1. The van der Waals surface area contributed by atoms with Crippen molar-refractivity contribution < 1.29 is 19.1 Å².